The SMILES string of the molecule is Cl.O=C(CNS(=O)(=O)c1ccc2c(c1)COC2)NCCC1CCNC1. The minimum absolute atomic E-state index is 0. The van der Waals surface area contributed by atoms with Crippen molar-refractivity contribution in [3.63, 3.8) is 0 Å². The fraction of sp³-hybridized carbons (Fsp3) is 0.562. The van der Waals surface area contributed by atoms with E-state index in [1.165, 1.54) is 0 Å². The average Bonchev–Trinajstić information content (AvgIpc) is 3.23. The van der Waals surface area contributed by atoms with Crippen molar-refractivity contribution in [2.24, 2.45) is 5.92 Å². The molecule has 1 fully saturated rings. The Balaban J connectivity index is 0.00000225. The Morgan fingerprint density at radius 1 is 1.28 bits per heavy atom. The van der Waals surface area contributed by atoms with E-state index in [4.69, 9.17) is 4.74 Å². The Morgan fingerprint density at radius 2 is 2.08 bits per heavy atom. The summed E-state index contributed by atoms with van der Waals surface area (Å²) in [6.07, 6.45) is 2.04. The summed E-state index contributed by atoms with van der Waals surface area (Å²) in [4.78, 5) is 12.0. The third kappa shape index (κ3) is 5.39. The summed E-state index contributed by atoms with van der Waals surface area (Å²) >= 11 is 0. The van der Waals surface area contributed by atoms with Gasteiger partial charge in [-0.3, -0.25) is 4.79 Å². The van der Waals surface area contributed by atoms with Crippen molar-refractivity contribution in [1.29, 1.82) is 0 Å². The van der Waals surface area contributed by atoms with Crippen LogP contribution >= 0.6 is 12.4 Å². The van der Waals surface area contributed by atoms with Gasteiger partial charge in [0.05, 0.1) is 24.7 Å². The molecule has 140 valence electrons. The van der Waals surface area contributed by atoms with Gasteiger partial charge in [0.1, 0.15) is 0 Å². The second-order valence-corrected chi connectivity index (χ2v) is 8.01. The number of rotatable bonds is 7. The lowest BCUT2D eigenvalue weighted by Crippen LogP contribution is -2.37. The highest BCUT2D eigenvalue weighted by atomic mass is 35.5. The maximum absolute atomic E-state index is 12.3. The minimum atomic E-state index is -3.69. The highest BCUT2D eigenvalue weighted by Gasteiger charge is 2.20. The van der Waals surface area contributed by atoms with Crippen LogP contribution in [0.2, 0.25) is 0 Å². The quantitative estimate of drug-likeness (QED) is 0.632. The van der Waals surface area contributed by atoms with Crippen LogP contribution in [0, 0.1) is 5.92 Å². The third-order valence-electron chi connectivity index (χ3n) is 4.46. The monoisotopic (exact) mass is 389 g/mol. The number of hydrogen-bond acceptors (Lipinski definition) is 5. The topological polar surface area (TPSA) is 96.5 Å². The first-order valence-corrected chi connectivity index (χ1v) is 9.69. The molecule has 2 aliphatic rings. The van der Waals surface area contributed by atoms with Crippen LogP contribution in [0.5, 0.6) is 0 Å². The molecule has 3 N–H and O–H groups in total. The van der Waals surface area contributed by atoms with E-state index in [0.29, 0.717) is 25.7 Å². The van der Waals surface area contributed by atoms with Crippen molar-refractivity contribution in [3.8, 4) is 0 Å². The molecule has 0 saturated carbocycles. The number of hydrogen-bond donors (Lipinski definition) is 3. The zero-order chi connectivity index (χ0) is 17.0. The Morgan fingerprint density at radius 3 is 2.84 bits per heavy atom. The van der Waals surface area contributed by atoms with E-state index in [1.807, 2.05) is 0 Å². The minimum Gasteiger partial charge on any atom is -0.372 e. The van der Waals surface area contributed by atoms with Crippen LogP contribution in [0.3, 0.4) is 0 Å². The molecule has 1 aromatic rings. The summed E-state index contributed by atoms with van der Waals surface area (Å²) in [5, 5.41) is 6.04. The first-order valence-electron chi connectivity index (χ1n) is 8.21. The fourth-order valence-electron chi connectivity index (χ4n) is 3.00. The molecule has 0 spiro atoms. The molecule has 1 amide bonds. The van der Waals surface area contributed by atoms with Crippen LogP contribution < -0.4 is 15.4 Å². The second kappa shape index (κ2) is 8.95. The molecule has 1 unspecified atom stereocenters. The van der Waals surface area contributed by atoms with E-state index in [9.17, 15) is 13.2 Å². The van der Waals surface area contributed by atoms with Crippen LogP contribution in [0.15, 0.2) is 23.1 Å². The summed E-state index contributed by atoms with van der Waals surface area (Å²) in [6, 6.07) is 4.91. The van der Waals surface area contributed by atoms with Crippen molar-refractivity contribution in [2.45, 2.75) is 31.0 Å². The van der Waals surface area contributed by atoms with Gasteiger partial charge in [0, 0.05) is 6.54 Å². The van der Waals surface area contributed by atoms with Gasteiger partial charge in [-0.25, -0.2) is 13.1 Å². The first-order chi connectivity index (χ1) is 11.5. The van der Waals surface area contributed by atoms with Crippen molar-refractivity contribution >= 4 is 28.3 Å². The lowest BCUT2D eigenvalue weighted by Gasteiger charge is -2.10. The molecule has 7 nitrogen and oxygen atoms in total. The lowest BCUT2D eigenvalue weighted by atomic mass is 10.1. The highest BCUT2D eigenvalue weighted by Crippen LogP contribution is 2.22. The average molecular weight is 390 g/mol. The van der Waals surface area contributed by atoms with Gasteiger partial charge in [-0.15, -0.1) is 12.4 Å². The molecule has 1 aromatic carbocycles. The molecule has 0 bridgehead atoms. The molecule has 0 aromatic heterocycles. The van der Waals surface area contributed by atoms with Crippen molar-refractivity contribution < 1.29 is 17.9 Å². The van der Waals surface area contributed by atoms with E-state index in [0.717, 1.165) is 37.1 Å². The van der Waals surface area contributed by atoms with Gasteiger partial charge in [-0.2, -0.15) is 0 Å². The number of amides is 1. The van der Waals surface area contributed by atoms with Crippen LogP contribution in [-0.2, 0) is 32.8 Å². The molecule has 25 heavy (non-hydrogen) atoms. The number of benzene rings is 1. The van der Waals surface area contributed by atoms with Crippen molar-refractivity contribution in [3.05, 3.63) is 29.3 Å². The van der Waals surface area contributed by atoms with Gasteiger partial charge < -0.3 is 15.4 Å². The maximum Gasteiger partial charge on any atom is 0.241 e. The smallest absolute Gasteiger partial charge is 0.241 e. The summed E-state index contributed by atoms with van der Waals surface area (Å²) in [6.45, 7) is 3.29. The summed E-state index contributed by atoms with van der Waals surface area (Å²) in [5.74, 6) is 0.282. The van der Waals surface area contributed by atoms with E-state index in [-0.39, 0.29) is 29.8 Å². The van der Waals surface area contributed by atoms with Gasteiger partial charge in [-0.1, -0.05) is 6.07 Å². The number of carbonyl (C=O) groups is 1. The third-order valence-corrected chi connectivity index (χ3v) is 5.86. The number of carbonyl (C=O) groups excluding carboxylic acids is 1. The number of ether oxygens (including phenoxy) is 1. The van der Waals surface area contributed by atoms with E-state index in [2.05, 4.69) is 15.4 Å². The Kier molecular flexibility index (Phi) is 7.21. The van der Waals surface area contributed by atoms with Crippen LogP contribution in [-0.4, -0.2) is 40.5 Å². The number of fused-ring (bicyclic) bond motifs is 1. The van der Waals surface area contributed by atoms with Crippen molar-refractivity contribution in [2.75, 3.05) is 26.2 Å². The molecular weight excluding hydrogens is 366 g/mol. The van der Waals surface area contributed by atoms with Crippen LogP contribution in [0.4, 0.5) is 0 Å². The van der Waals surface area contributed by atoms with E-state index >= 15 is 0 Å². The predicted molar refractivity (Wildman–Crippen MR) is 96.0 cm³/mol. The highest BCUT2D eigenvalue weighted by molar-refractivity contribution is 7.89. The van der Waals surface area contributed by atoms with Gasteiger partial charge in [0.2, 0.25) is 15.9 Å². The fourth-order valence-corrected chi connectivity index (χ4v) is 4.03. The van der Waals surface area contributed by atoms with Crippen LogP contribution in [0.1, 0.15) is 24.0 Å². The van der Waals surface area contributed by atoms with E-state index in [1.54, 1.807) is 18.2 Å². The molecule has 1 atom stereocenters. The predicted octanol–water partition coefficient (Wildman–Crippen LogP) is 0.533. The molecule has 2 aliphatic heterocycles. The normalized spacial score (nSPS) is 19.3. The van der Waals surface area contributed by atoms with Gasteiger partial charge in [0.15, 0.2) is 0 Å². The van der Waals surface area contributed by atoms with Gasteiger partial charge in [0.25, 0.3) is 0 Å². The summed E-state index contributed by atoms with van der Waals surface area (Å²) in [5.41, 5.74) is 1.89. The largest absolute Gasteiger partial charge is 0.372 e. The van der Waals surface area contributed by atoms with Gasteiger partial charge >= 0.3 is 0 Å². The first kappa shape index (κ1) is 20.1. The summed E-state index contributed by atoms with van der Waals surface area (Å²) < 4.78 is 32.2. The Bertz CT molecular complexity index is 705. The lowest BCUT2D eigenvalue weighted by molar-refractivity contribution is -0.120. The van der Waals surface area contributed by atoms with Gasteiger partial charge in [-0.05, 0) is 55.1 Å². The zero-order valence-electron chi connectivity index (χ0n) is 13.9. The molecule has 9 heteroatoms. The molecule has 0 radical (unpaired) electrons. The zero-order valence-corrected chi connectivity index (χ0v) is 15.5. The number of nitrogens with one attached hydrogen (secondary N) is 3. The summed E-state index contributed by atoms with van der Waals surface area (Å²) in [7, 11) is -3.69. The Labute approximate surface area is 154 Å². The van der Waals surface area contributed by atoms with E-state index < -0.39 is 10.0 Å². The maximum atomic E-state index is 12.3. The molecule has 1 saturated heterocycles. The Hall–Kier alpha value is -1.19. The standard InChI is InChI=1S/C16H23N3O4S.ClH/c20-16(18-6-4-12-3-5-17-8-12)9-19-24(21,22)15-2-1-13-10-23-11-14(13)7-15;/h1-2,7,12,17,19H,3-6,8-11H2,(H,18,20);1H. The molecule has 2 heterocycles. The second-order valence-electron chi connectivity index (χ2n) is 6.25. The van der Waals surface area contributed by atoms with Crippen LogP contribution in [0.25, 0.3) is 0 Å². The molecule has 0 aliphatic carbocycles. The number of halogens is 1. The van der Waals surface area contributed by atoms with Crippen molar-refractivity contribution in [1.82, 2.24) is 15.4 Å². The molecular formula is C16H24ClN3O4S. The number of sulfonamides is 1. The molecule has 3 rings (SSSR count).